The molecule has 0 aliphatic rings. The fraction of sp³-hybridized carbons (Fsp3) is 0.667. The number of hydrogen-bond acceptors (Lipinski definition) is 4. The zero-order valence-electron chi connectivity index (χ0n) is 6.00. The smallest absolute Gasteiger partial charge is 0.323 e. The van der Waals surface area contributed by atoms with Gasteiger partial charge >= 0.3 is 5.97 Å². The van der Waals surface area contributed by atoms with Gasteiger partial charge in [-0.25, -0.2) is 0 Å². The molecule has 0 rings (SSSR count). The van der Waals surface area contributed by atoms with Crippen molar-refractivity contribution in [3.05, 3.63) is 7.11 Å². The Balaban J connectivity index is 3.41. The molecule has 0 spiro atoms. The summed E-state index contributed by atoms with van der Waals surface area (Å²) in [4.78, 5) is 10.6. The Labute approximate surface area is 65.3 Å². The molecule has 0 aromatic heterocycles. The maximum Gasteiger partial charge on any atom is 0.323 e. The lowest BCUT2D eigenvalue weighted by atomic mass is 10.2. The molecule has 0 fully saturated rings. The number of esters is 1. The van der Waals surface area contributed by atoms with Gasteiger partial charge in [-0.15, -0.1) is 0 Å². The van der Waals surface area contributed by atoms with E-state index in [-0.39, 0.29) is 0 Å². The fourth-order valence-electron chi connectivity index (χ4n) is 0.470. The molecular formula is C6H12NO2S. The summed E-state index contributed by atoms with van der Waals surface area (Å²) in [6.07, 6.45) is 2.61. The summed E-state index contributed by atoms with van der Waals surface area (Å²) in [5, 5.41) is 0. The summed E-state index contributed by atoms with van der Waals surface area (Å²) in [6, 6.07) is -0.509. The van der Waals surface area contributed by atoms with Gasteiger partial charge in [0, 0.05) is 0 Å². The normalized spacial score (nSPS) is 12.7. The van der Waals surface area contributed by atoms with E-state index in [1.807, 2.05) is 6.26 Å². The first-order valence-corrected chi connectivity index (χ1v) is 4.32. The van der Waals surface area contributed by atoms with E-state index >= 15 is 0 Å². The predicted molar refractivity (Wildman–Crippen MR) is 42.4 cm³/mol. The highest BCUT2D eigenvalue weighted by Gasteiger charge is 2.11. The molecule has 1 atom stereocenters. The molecule has 0 aromatic carbocycles. The van der Waals surface area contributed by atoms with Gasteiger partial charge in [-0.2, -0.15) is 11.8 Å². The zero-order chi connectivity index (χ0) is 7.98. The molecule has 0 heterocycles. The highest BCUT2D eigenvalue weighted by molar-refractivity contribution is 7.98. The van der Waals surface area contributed by atoms with Crippen molar-refractivity contribution in [3.8, 4) is 0 Å². The maximum absolute atomic E-state index is 10.6. The monoisotopic (exact) mass is 162 g/mol. The molecule has 0 aliphatic carbocycles. The summed E-state index contributed by atoms with van der Waals surface area (Å²) >= 11 is 1.65. The molecule has 59 valence electrons. The van der Waals surface area contributed by atoms with Crippen LogP contribution in [0.15, 0.2) is 0 Å². The second-order valence-corrected chi connectivity index (χ2v) is 2.84. The van der Waals surface area contributed by atoms with E-state index in [0.29, 0.717) is 6.42 Å². The van der Waals surface area contributed by atoms with E-state index in [9.17, 15) is 4.79 Å². The number of ether oxygens (including phenoxy) is 1. The van der Waals surface area contributed by atoms with Crippen LogP contribution in [-0.4, -0.2) is 24.0 Å². The van der Waals surface area contributed by atoms with Gasteiger partial charge in [0.15, 0.2) is 0 Å². The molecule has 3 nitrogen and oxygen atoms in total. The van der Waals surface area contributed by atoms with Gasteiger partial charge in [0.2, 0.25) is 0 Å². The van der Waals surface area contributed by atoms with E-state index in [1.165, 1.54) is 0 Å². The Kier molecular flexibility index (Phi) is 5.43. The lowest BCUT2D eigenvalue weighted by Gasteiger charge is -2.06. The molecule has 10 heavy (non-hydrogen) atoms. The van der Waals surface area contributed by atoms with Crippen LogP contribution in [0.3, 0.4) is 0 Å². The highest BCUT2D eigenvalue weighted by atomic mass is 32.2. The Bertz CT molecular complexity index is 108. The minimum atomic E-state index is -0.509. The molecule has 2 N–H and O–H groups in total. The first-order valence-electron chi connectivity index (χ1n) is 2.92. The van der Waals surface area contributed by atoms with Crippen LogP contribution in [0.2, 0.25) is 0 Å². The third-order valence-electron chi connectivity index (χ3n) is 1.08. The van der Waals surface area contributed by atoms with Crippen LogP contribution >= 0.6 is 11.8 Å². The first-order chi connectivity index (χ1) is 4.72. The summed E-state index contributed by atoms with van der Waals surface area (Å²) in [6.45, 7) is 0. The fourth-order valence-corrected chi connectivity index (χ4v) is 0.959. The molecule has 0 unspecified atom stereocenters. The first kappa shape index (κ1) is 9.78. The average molecular weight is 162 g/mol. The number of nitrogens with two attached hydrogens (primary N) is 1. The van der Waals surface area contributed by atoms with Gasteiger partial charge < -0.3 is 10.5 Å². The van der Waals surface area contributed by atoms with Crippen molar-refractivity contribution in [3.63, 3.8) is 0 Å². The number of hydrogen-bond donors (Lipinski definition) is 1. The molecule has 0 bridgehead atoms. The Morgan fingerprint density at radius 2 is 2.50 bits per heavy atom. The van der Waals surface area contributed by atoms with E-state index in [1.54, 1.807) is 11.8 Å². The maximum atomic E-state index is 10.6. The SMILES string of the molecule is [CH2]OC(=O)[C@@H](N)CCSC. The largest absolute Gasteiger partial charge is 0.461 e. The molecule has 0 saturated carbocycles. The molecule has 0 amide bonds. The van der Waals surface area contributed by atoms with E-state index in [0.717, 1.165) is 5.75 Å². The molecule has 0 saturated heterocycles. The Hall–Kier alpha value is -0.220. The molecule has 4 heteroatoms. The molecule has 0 aliphatic heterocycles. The lowest BCUT2D eigenvalue weighted by Crippen LogP contribution is -2.31. The average Bonchev–Trinajstić information content (AvgIpc) is 1.98. The van der Waals surface area contributed by atoms with Crippen molar-refractivity contribution >= 4 is 17.7 Å². The third kappa shape index (κ3) is 3.74. The van der Waals surface area contributed by atoms with Gasteiger partial charge in [-0.1, -0.05) is 0 Å². The van der Waals surface area contributed by atoms with E-state index in [2.05, 4.69) is 11.8 Å². The van der Waals surface area contributed by atoms with Gasteiger partial charge in [-0.3, -0.25) is 4.79 Å². The van der Waals surface area contributed by atoms with Gasteiger partial charge in [0.1, 0.15) is 13.2 Å². The third-order valence-corrected chi connectivity index (χ3v) is 1.72. The van der Waals surface area contributed by atoms with Gasteiger partial charge in [-0.05, 0) is 18.4 Å². The molecule has 0 aromatic rings. The van der Waals surface area contributed by atoms with Crippen LogP contribution < -0.4 is 5.73 Å². The predicted octanol–water partition coefficient (Wildman–Crippen LogP) is 0.402. The second kappa shape index (κ2) is 5.56. The van der Waals surface area contributed by atoms with E-state index in [4.69, 9.17) is 5.73 Å². The number of carbonyl (C=O) groups excluding carboxylic acids is 1. The number of rotatable bonds is 4. The van der Waals surface area contributed by atoms with Crippen molar-refractivity contribution in [1.82, 2.24) is 0 Å². The zero-order valence-corrected chi connectivity index (χ0v) is 6.82. The Morgan fingerprint density at radius 1 is 1.90 bits per heavy atom. The Morgan fingerprint density at radius 3 is 2.90 bits per heavy atom. The van der Waals surface area contributed by atoms with Gasteiger partial charge in [0.05, 0.1) is 0 Å². The number of thioether (sulfide) groups is 1. The van der Waals surface area contributed by atoms with Crippen LogP contribution in [0.5, 0.6) is 0 Å². The van der Waals surface area contributed by atoms with Crippen molar-refractivity contribution in [2.45, 2.75) is 12.5 Å². The number of carbonyl (C=O) groups is 1. The second-order valence-electron chi connectivity index (χ2n) is 1.85. The van der Waals surface area contributed by atoms with Crippen LogP contribution in [0, 0.1) is 7.11 Å². The minimum absolute atomic E-state index is 0.436. The van der Waals surface area contributed by atoms with E-state index < -0.39 is 12.0 Å². The quantitative estimate of drug-likeness (QED) is 0.608. The van der Waals surface area contributed by atoms with Gasteiger partial charge in [0.25, 0.3) is 0 Å². The standard InChI is InChI=1S/C6H12NO2S/c1-9-6(8)5(7)3-4-10-2/h5H,1,3-4,7H2,2H3/t5-/m0/s1. The molecular weight excluding hydrogens is 150 g/mol. The van der Waals surface area contributed by atoms with Crippen molar-refractivity contribution < 1.29 is 9.53 Å². The van der Waals surface area contributed by atoms with Crippen LogP contribution in [-0.2, 0) is 9.53 Å². The van der Waals surface area contributed by atoms with Crippen molar-refractivity contribution in [1.29, 1.82) is 0 Å². The van der Waals surface area contributed by atoms with Crippen LogP contribution in [0.4, 0.5) is 0 Å². The highest BCUT2D eigenvalue weighted by Crippen LogP contribution is 1.99. The summed E-state index contributed by atoms with van der Waals surface area (Å²) in [5.74, 6) is 0.435. The van der Waals surface area contributed by atoms with Crippen molar-refractivity contribution in [2.24, 2.45) is 5.73 Å². The summed E-state index contributed by atoms with van der Waals surface area (Å²) < 4.78 is 4.19. The van der Waals surface area contributed by atoms with Crippen LogP contribution in [0.1, 0.15) is 6.42 Å². The van der Waals surface area contributed by atoms with Crippen molar-refractivity contribution in [2.75, 3.05) is 12.0 Å². The molecule has 1 radical (unpaired) electrons. The topological polar surface area (TPSA) is 52.3 Å². The summed E-state index contributed by atoms with van der Waals surface area (Å²) in [5.41, 5.74) is 5.39. The summed E-state index contributed by atoms with van der Waals surface area (Å²) in [7, 11) is 2.98. The lowest BCUT2D eigenvalue weighted by molar-refractivity contribution is -0.139. The van der Waals surface area contributed by atoms with Crippen LogP contribution in [0.25, 0.3) is 0 Å². The minimum Gasteiger partial charge on any atom is -0.461 e.